The third kappa shape index (κ3) is 1.47. The Hall–Kier alpha value is -1.46. The lowest BCUT2D eigenvalue weighted by Gasteiger charge is -2.08. The van der Waals surface area contributed by atoms with Crippen molar-refractivity contribution in [2.24, 2.45) is 5.73 Å². The molecule has 0 spiro atoms. The molecule has 5 nitrogen and oxygen atoms in total. The fraction of sp³-hybridized carbons (Fsp3) is 0.333. The third-order valence-corrected chi connectivity index (χ3v) is 2.17. The second-order valence-corrected chi connectivity index (χ2v) is 3.11. The lowest BCUT2D eigenvalue weighted by molar-refractivity contribution is 0.275. The Morgan fingerprint density at radius 2 is 2.36 bits per heavy atom. The number of nitrogens with zero attached hydrogens (tertiary/aromatic N) is 3. The van der Waals surface area contributed by atoms with Crippen LogP contribution in [-0.2, 0) is 0 Å². The predicted octanol–water partition coefficient (Wildman–Crippen LogP) is 0.111. The van der Waals surface area contributed by atoms with E-state index in [1.54, 1.807) is 18.6 Å². The molecule has 2 aromatic rings. The summed E-state index contributed by atoms with van der Waals surface area (Å²) in [5.74, 6) is 0. The van der Waals surface area contributed by atoms with Crippen LogP contribution in [0.15, 0.2) is 24.8 Å². The van der Waals surface area contributed by atoms with Gasteiger partial charge in [-0.25, -0.2) is 4.98 Å². The highest BCUT2D eigenvalue weighted by Gasteiger charge is 2.10. The summed E-state index contributed by atoms with van der Waals surface area (Å²) in [7, 11) is 0. The van der Waals surface area contributed by atoms with Crippen LogP contribution >= 0.6 is 0 Å². The van der Waals surface area contributed by atoms with Gasteiger partial charge < -0.3 is 10.8 Å². The first-order valence-electron chi connectivity index (χ1n) is 4.46. The standard InChI is InChI=1S/C9H12N4O/c10-7(1-4-14)8-5-12-9-6-11-2-3-13(8)9/h2-3,5-7,14H,1,4,10H2. The van der Waals surface area contributed by atoms with Gasteiger partial charge in [0.15, 0.2) is 5.65 Å². The van der Waals surface area contributed by atoms with Gasteiger partial charge in [-0.3, -0.25) is 9.38 Å². The number of aromatic nitrogens is 3. The van der Waals surface area contributed by atoms with Crippen molar-refractivity contribution in [1.29, 1.82) is 0 Å². The molecule has 74 valence electrons. The second-order valence-electron chi connectivity index (χ2n) is 3.11. The average molecular weight is 192 g/mol. The molecule has 5 heteroatoms. The minimum absolute atomic E-state index is 0.0828. The van der Waals surface area contributed by atoms with E-state index in [2.05, 4.69) is 9.97 Å². The molecule has 0 saturated carbocycles. The number of nitrogens with two attached hydrogens (primary N) is 1. The second kappa shape index (κ2) is 3.73. The smallest absolute Gasteiger partial charge is 0.155 e. The summed E-state index contributed by atoms with van der Waals surface area (Å²) in [6, 6.07) is -0.183. The number of aliphatic hydroxyl groups is 1. The molecule has 0 saturated heterocycles. The maximum Gasteiger partial charge on any atom is 0.155 e. The molecule has 0 aliphatic heterocycles. The summed E-state index contributed by atoms with van der Waals surface area (Å²) in [6.07, 6.45) is 7.43. The maximum atomic E-state index is 8.79. The SMILES string of the molecule is NC(CCO)c1cnc2cnccn12. The van der Waals surface area contributed by atoms with E-state index < -0.39 is 0 Å². The summed E-state index contributed by atoms with van der Waals surface area (Å²) in [5, 5.41) is 8.79. The molecular formula is C9H12N4O. The van der Waals surface area contributed by atoms with E-state index in [9.17, 15) is 0 Å². The van der Waals surface area contributed by atoms with Crippen LogP contribution in [0.5, 0.6) is 0 Å². The summed E-state index contributed by atoms with van der Waals surface area (Å²) in [5.41, 5.74) is 7.55. The lowest BCUT2D eigenvalue weighted by atomic mass is 10.2. The summed E-state index contributed by atoms with van der Waals surface area (Å²) < 4.78 is 1.88. The van der Waals surface area contributed by atoms with Gasteiger partial charge in [-0.05, 0) is 6.42 Å². The van der Waals surface area contributed by atoms with Crippen molar-refractivity contribution in [3.63, 3.8) is 0 Å². The van der Waals surface area contributed by atoms with Gasteiger partial charge >= 0.3 is 0 Å². The Labute approximate surface area is 81.2 Å². The first kappa shape index (κ1) is 9.11. The lowest BCUT2D eigenvalue weighted by Crippen LogP contribution is -2.14. The Morgan fingerprint density at radius 1 is 1.50 bits per heavy atom. The van der Waals surface area contributed by atoms with Gasteiger partial charge in [0.05, 0.1) is 18.1 Å². The molecule has 1 unspecified atom stereocenters. The van der Waals surface area contributed by atoms with Crippen LogP contribution in [0.1, 0.15) is 18.2 Å². The van der Waals surface area contributed by atoms with E-state index in [1.807, 2.05) is 10.6 Å². The number of rotatable bonds is 3. The molecule has 1 atom stereocenters. The molecule has 0 aliphatic carbocycles. The molecule has 2 heterocycles. The molecule has 0 fully saturated rings. The number of fused-ring (bicyclic) bond motifs is 1. The van der Waals surface area contributed by atoms with Crippen LogP contribution in [0.2, 0.25) is 0 Å². The Kier molecular flexibility index (Phi) is 2.43. The average Bonchev–Trinajstić information content (AvgIpc) is 2.61. The van der Waals surface area contributed by atoms with Crippen molar-refractivity contribution in [1.82, 2.24) is 14.4 Å². The molecular weight excluding hydrogens is 180 g/mol. The van der Waals surface area contributed by atoms with Crippen molar-refractivity contribution in [2.45, 2.75) is 12.5 Å². The monoisotopic (exact) mass is 192 g/mol. The van der Waals surface area contributed by atoms with Gasteiger partial charge in [0, 0.05) is 25.0 Å². The molecule has 0 bridgehead atoms. The van der Waals surface area contributed by atoms with Crippen LogP contribution in [-0.4, -0.2) is 26.1 Å². The van der Waals surface area contributed by atoms with E-state index >= 15 is 0 Å². The van der Waals surface area contributed by atoms with E-state index in [1.165, 1.54) is 0 Å². The van der Waals surface area contributed by atoms with Crippen molar-refractivity contribution < 1.29 is 5.11 Å². The Morgan fingerprint density at radius 3 is 3.14 bits per heavy atom. The van der Waals surface area contributed by atoms with Gasteiger partial charge in [0.2, 0.25) is 0 Å². The molecule has 14 heavy (non-hydrogen) atoms. The highest BCUT2D eigenvalue weighted by molar-refractivity contribution is 5.37. The minimum Gasteiger partial charge on any atom is -0.396 e. The molecule has 2 aromatic heterocycles. The van der Waals surface area contributed by atoms with E-state index in [0.29, 0.717) is 6.42 Å². The molecule has 0 radical (unpaired) electrons. The van der Waals surface area contributed by atoms with Crippen LogP contribution in [0.25, 0.3) is 5.65 Å². The van der Waals surface area contributed by atoms with Crippen LogP contribution in [0.3, 0.4) is 0 Å². The molecule has 0 amide bonds. The van der Waals surface area contributed by atoms with Crippen LogP contribution in [0, 0.1) is 0 Å². The first-order chi connectivity index (χ1) is 6.83. The van der Waals surface area contributed by atoms with Crippen LogP contribution in [0.4, 0.5) is 0 Å². The molecule has 0 aromatic carbocycles. The summed E-state index contributed by atoms with van der Waals surface area (Å²) in [6.45, 7) is 0.0828. The van der Waals surface area contributed by atoms with E-state index in [4.69, 9.17) is 10.8 Å². The fourth-order valence-electron chi connectivity index (χ4n) is 1.42. The van der Waals surface area contributed by atoms with Gasteiger partial charge in [-0.15, -0.1) is 0 Å². The summed E-state index contributed by atoms with van der Waals surface area (Å²) in [4.78, 5) is 8.12. The van der Waals surface area contributed by atoms with Crippen LogP contribution < -0.4 is 5.73 Å². The van der Waals surface area contributed by atoms with Gasteiger partial charge in [0.1, 0.15) is 0 Å². The molecule has 2 rings (SSSR count). The first-order valence-corrected chi connectivity index (χ1v) is 4.46. The third-order valence-electron chi connectivity index (χ3n) is 2.17. The van der Waals surface area contributed by atoms with Crippen molar-refractivity contribution in [2.75, 3.05) is 6.61 Å². The maximum absolute atomic E-state index is 8.79. The Balaban J connectivity index is 2.42. The quantitative estimate of drug-likeness (QED) is 0.723. The van der Waals surface area contributed by atoms with E-state index in [-0.39, 0.29) is 12.6 Å². The number of aliphatic hydroxyl groups excluding tert-OH is 1. The molecule has 3 N–H and O–H groups in total. The zero-order valence-electron chi connectivity index (χ0n) is 7.67. The normalized spacial score (nSPS) is 13.3. The van der Waals surface area contributed by atoms with Crippen molar-refractivity contribution in [3.05, 3.63) is 30.5 Å². The van der Waals surface area contributed by atoms with Crippen molar-refractivity contribution >= 4 is 5.65 Å². The number of hydrogen-bond donors (Lipinski definition) is 2. The highest BCUT2D eigenvalue weighted by Crippen LogP contribution is 2.14. The van der Waals surface area contributed by atoms with Gasteiger partial charge in [-0.1, -0.05) is 0 Å². The zero-order valence-corrected chi connectivity index (χ0v) is 7.67. The zero-order chi connectivity index (χ0) is 9.97. The fourth-order valence-corrected chi connectivity index (χ4v) is 1.42. The van der Waals surface area contributed by atoms with Gasteiger partial charge in [0.25, 0.3) is 0 Å². The summed E-state index contributed by atoms with van der Waals surface area (Å²) >= 11 is 0. The topological polar surface area (TPSA) is 76.4 Å². The largest absolute Gasteiger partial charge is 0.396 e. The highest BCUT2D eigenvalue weighted by atomic mass is 16.3. The number of hydrogen-bond acceptors (Lipinski definition) is 4. The predicted molar refractivity (Wildman–Crippen MR) is 51.6 cm³/mol. The Bertz CT molecular complexity index is 425. The van der Waals surface area contributed by atoms with E-state index in [0.717, 1.165) is 11.3 Å². The van der Waals surface area contributed by atoms with Crippen molar-refractivity contribution in [3.8, 4) is 0 Å². The minimum atomic E-state index is -0.183. The van der Waals surface area contributed by atoms with Gasteiger partial charge in [-0.2, -0.15) is 0 Å². The number of imidazole rings is 1. The molecule has 0 aliphatic rings.